The van der Waals surface area contributed by atoms with Crippen LogP contribution < -0.4 is 5.32 Å². The standard InChI is InChI=1S/C17H15N3OS/c21-17(12-8-9-15-16(10-12)20-22-19-15)18-14-7-3-5-11-4-1-2-6-13(11)14/h1-2,4,6,8-10,14H,3,5,7H2,(H,18,21)/t14-/m0/s1. The molecular weight excluding hydrogens is 294 g/mol. The Hall–Kier alpha value is -2.27. The number of hydrogen-bond acceptors (Lipinski definition) is 4. The molecule has 2 aromatic carbocycles. The number of fused-ring (bicyclic) bond motifs is 2. The molecule has 1 N–H and O–H groups in total. The van der Waals surface area contributed by atoms with E-state index >= 15 is 0 Å². The summed E-state index contributed by atoms with van der Waals surface area (Å²) in [5, 5.41) is 3.16. The third-order valence-electron chi connectivity index (χ3n) is 4.19. The Bertz CT molecular complexity index is 843. The number of hydrogen-bond donors (Lipinski definition) is 1. The van der Waals surface area contributed by atoms with Gasteiger partial charge < -0.3 is 5.32 Å². The largest absolute Gasteiger partial charge is 0.345 e. The first-order chi connectivity index (χ1) is 10.8. The van der Waals surface area contributed by atoms with Crippen molar-refractivity contribution in [3.63, 3.8) is 0 Å². The van der Waals surface area contributed by atoms with E-state index in [2.05, 4.69) is 32.3 Å². The van der Waals surface area contributed by atoms with Gasteiger partial charge in [-0.15, -0.1) is 0 Å². The zero-order chi connectivity index (χ0) is 14.9. The molecule has 0 saturated carbocycles. The Morgan fingerprint density at radius 2 is 2.00 bits per heavy atom. The summed E-state index contributed by atoms with van der Waals surface area (Å²) in [5.41, 5.74) is 4.85. The third kappa shape index (κ3) is 2.37. The molecule has 1 amide bonds. The van der Waals surface area contributed by atoms with Crippen LogP contribution in [0.3, 0.4) is 0 Å². The number of amides is 1. The number of aromatic nitrogens is 2. The first-order valence-electron chi connectivity index (χ1n) is 7.42. The minimum absolute atomic E-state index is 0.0448. The van der Waals surface area contributed by atoms with Crippen molar-refractivity contribution in [3.8, 4) is 0 Å². The zero-order valence-electron chi connectivity index (χ0n) is 12.0. The molecule has 1 aliphatic carbocycles. The number of carbonyl (C=O) groups excluding carboxylic acids is 1. The lowest BCUT2D eigenvalue weighted by Crippen LogP contribution is -2.30. The van der Waals surface area contributed by atoms with Gasteiger partial charge in [0.1, 0.15) is 11.0 Å². The van der Waals surface area contributed by atoms with Crippen LogP contribution in [0.15, 0.2) is 42.5 Å². The van der Waals surface area contributed by atoms with Gasteiger partial charge in [-0.05, 0) is 48.6 Å². The van der Waals surface area contributed by atoms with Gasteiger partial charge in [0, 0.05) is 5.56 Å². The molecule has 1 atom stereocenters. The summed E-state index contributed by atoms with van der Waals surface area (Å²) in [4.78, 5) is 12.5. The van der Waals surface area contributed by atoms with Crippen molar-refractivity contribution in [1.29, 1.82) is 0 Å². The molecule has 0 fully saturated rings. The predicted octanol–water partition coefficient (Wildman–Crippen LogP) is 3.50. The van der Waals surface area contributed by atoms with E-state index in [1.54, 1.807) is 0 Å². The molecule has 0 aliphatic heterocycles. The quantitative estimate of drug-likeness (QED) is 0.788. The number of nitrogens with zero attached hydrogens (tertiary/aromatic N) is 2. The molecule has 4 nitrogen and oxygen atoms in total. The van der Waals surface area contributed by atoms with Gasteiger partial charge in [-0.25, -0.2) is 0 Å². The van der Waals surface area contributed by atoms with Gasteiger partial charge in [0.05, 0.1) is 17.8 Å². The van der Waals surface area contributed by atoms with Crippen molar-refractivity contribution in [1.82, 2.24) is 14.1 Å². The van der Waals surface area contributed by atoms with Crippen molar-refractivity contribution < 1.29 is 4.79 Å². The Balaban J connectivity index is 1.59. The molecule has 1 aromatic heterocycles. The fourth-order valence-corrected chi connectivity index (χ4v) is 3.59. The number of benzene rings is 2. The van der Waals surface area contributed by atoms with Crippen molar-refractivity contribution in [2.75, 3.05) is 0 Å². The lowest BCUT2D eigenvalue weighted by Gasteiger charge is -2.26. The van der Waals surface area contributed by atoms with Crippen LogP contribution in [0.2, 0.25) is 0 Å². The van der Waals surface area contributed by atoms with E-state index in [4.69, 9.17) is 0 Å². The van der Waals surface area contributed by atoms with Crippen LogP contribution in [0, 0.1) is 0 Å². The normalized spacial score (nSPS) is 17.2. The SMILES string of the molecule is O=C(N[C@H]1CCCc2ccccc21)c1ccc2nsnc2c1. The molecule has 0 saturated heterocycles. The average Bonchev–Trinajstić information content (AvgIpc) is 3.02. The molecule has 0 spiro atoms. The van der Waals surface area contributed by atoms with Crippen LogP contribution in [-0.4, -0.2) is 14.7 Å². The van der Waals surface area contributed by atoms with Gasteiger partial charge in [-0.3, -0.25) is 4.79 Å². The highest BCUT2D eigenvalue weighted by atomic mass is 32.1. The van der Waals surface area contributed by atoms with Crippen LogP contribution in [-0.2, 0) is 6.42 Å². The van der Waals surface area contributed by atoms with E-state index in [0.717, 1.165) is 30.3 Å². The first-order valence-corrected chi connectivity index (χ1v) is 8.15. The molecule has 0 radical (unpaired) electrons. The molecule has 110 valence electrons. The summed E-state index contributed by atoms with van der Waals surface area (Å²) in [6.07, 6.45) is 3.19. The van der Waals surface area contributed by atoms with Crippen LogP contribution in [0.4, 0.5) is 0 Å². The van der Waals surface area contributed by atoms with Crippen LogP contribution in [0.25, 0.3) is 11.0 Å². The summed E-state index contributed by atoms with van der Waals surface area (Å²) < 4.78 is 8.36. The van der Waals surface area contributed by atoms with Crippen molar-refractivity contribution >= 4 is 28.7 Å². The second-order valence-corrected chi connectivity index (χ2v) is 6.11. The van der Waals surface area contributed by atoms with E-state index in [-0.39, 0.29) is 11.9 Å². The predicted molar refractivity (Wildman–Crippen MR) is 87.0 cm³/mol. The molecule has 4 rings (SSSR count). The molecule has 0 unspecified atom stereocenters. The topological polar surface area (TPSA) is 54.9 Å². The van der Waals surface area contributed by atoms with E-state index in [0.29, 0.717) is 5.56 Å². The smallest absolute Gasteiger partial charge is 0.251 e. The average molecular weight is 309 g/mol. The summed E-state index contributed by atoms with van der Waals surface area (Å²) in [6, 6.07) is 13.9. The zero-order valence-corrected chi connectivity index (χ0v) is 12.8. The minimum Gasteiger partial charge on any atom is -0.345 e. The highest BCUT2D eigenvalue weighted by Gasteiger charge is 2.22. The molecule has 3 aromatic rings. The van der Waals surface area contributed by atoms with Crippen molar-refractivity contribution in [2.45, 2.75) is 25.3 Å². The van der Waals surface area contributed by atoms with Crippen LogP contribution >= 0.6 is 11.7 Å². The van der Waals surface area contributed by atoms with Gasteiger partial charge in [0.2, 0.25) is 0 Å². The maximum absolute atomic E-state index is 12.5. The third-order valence-corrected chi connectivity index (χ3v) is 4.75. The monoisotopic (exact) mass is 309 g/mol. The molecule has 5 heteroatoms. The number of rotatable bonds is 2. The van der Waals surface area contributed by atoms with Crippen LogP contribution in [0.5, 0.6) is 0 Å². The summed E-state index contributed by atoms with van der Waals surface area (Å²) in [5.74, 6) is -0.0448. The maximum Gasteiger partial charge on any atom is 0.251 e. The highest BCUT2D eigenvalue weighted by molar-refractivity contribution is 7.00. The lowest BCUT2D eigenvalue weighted by molar-refractivity contribution is 0.0933. The number of nitrogens with one attached hydrogen (secondary N) is 1. The van der Waals surface area contributed by atoms with Gasteiger partial charge in [0.15, 0.2) is 0 Å². The van der Waals surface area contributed by atoms with E-state index in [9.17, 15) is 4.79 Å². The van der Waals surface area contributed by atoms with E-state index in [1.807, 2.05) is 24.3 Å². The van der Waals surface area contributed by atoms with Gasteiger partial charge in [-0.1, -0.05) is 24.3 Å². The molecule has 1 aliphatic rings. The van der Waals surface area contributed by atoms with Crippen molar-refractivity contribution in [2.24, 2.45) is 0 Å². The fraction of sp³-hybridized carbons (Fsp3) is 0.235. The van der Waals surface area contributed by atoms with Crippen molar-refractivity contribution in [3.05, 3.63) is 59.2 Å². The number of carbonyl (C=O) groups is 1. The summed E-state index contributed by atoms with van der Waals surface area (Å²) in [6.45, 7) is 0. The Morgan fingerprint density at radius 3 is 2.95 bits per heavy atom. The molecule has 1 heterocycles. The summed E-state index contributed by atoms with van der Waals surface area (Å²) >= 11 is 1.17. The minimum atomic E-state index is -0.0448. The van der Waals surface area contributed by atoms with E-state index in [1.165, 1.54) is 22.9 Å². The van der Waals surface area contributed by atoms with Gasteiger partial charge >= 0.3 is 0 Å². The second kappa shape index (κ2) is 5.50. The first kappa shape index (κ1) is 13.4. The Kier molecular flexibility index (Phi) is 3.35. The maximum atomic E-state index is 12.5. The Labute approximate surface area is 132 Å². The van der Waals surface area contributed by atoms with Gasteiger partial charge in [0.25, 0.3) is 5.91 Å². The van der Waals surface area contributed by atoms with Gasteiger partial charge in [-0.2, -0.15) is 8.75 Å². The van der Waals surface area contributed by atoms with Crippen LogP contribution in [0.1, 0.15) is 40.4 Å². The second-order valence-electron chi connectivity index (χ2n) is 5.58. The summed E-state index contributed by atoms with van der Waals surface area (Å²) in [7, 11) is 0. The Morgan fingerprint density at radius 1 is 1.14 bits per heavy atom. The molecule has 22 heavy (non-hydrogen) atoms. The number of aryl methyl sites for hydroxylation is 1. The molecular formula is C17H15N3OS. The lowest BCUT2D eigenvalue weighted by atomic mass is 9.87. The molecule has 0 bridgehead atoms. The van der Waals surface area contributed by atoms with E-state index < -0.39 is 0 Å². The highest BCUT2D eigenvalue weighted by Crippen LogP contribution is 2.29. The fourth-order valence-electron chi connectivity index (χ4n) is 3.07.